The molecule has 0 spiro atoms. The summed E-state index contributed by atoms with van der Waals surface area (Å²) in [4.78, 5) is 41.8. The van der Waals surface area contributed by atoms with Gasteiger partial charge in [0, 0.05) is 18.5 Å². The molecule has 2 aliphatic rings. The Labute approximate surface area is 193 Å². The molecule has 7 nitrogen and oxygen atoms in total. The van der Waals surface area contributed by atoms with Crippen molar-refractivity contribution in [1.82, 2.24) is 15.5 Å². The first kappa shape index (κ1) is 26.4. The van der Waals surface area contributed by atoms with Gasteiger partial charge in [-0.15, -0.1) is 0 Å². The van der Waals surface area contributed by atoms with E-state index in [-0.39, 0.29) is 35.7 Å². The van der Waals surface area contributed by atoms with Crippen LogP contribution in [0, 0.1) is 29.1 Å². The van der Waals surface area contributed by atoms with Crippen LogP contribution in [0.1, 0.15) is 67.7 Å². The molecule has 0 bridgehead atoms. The maximum absolute atomic E-state index is 13.7. The Bertz CT molecular complexity index is 736. The molecule has 3 amide bonds. The van der Waals surface area contributed by atoms with Crippen molar-refractivity contribution in [3.63, 3.8) is 0 Å². The molecule has 0 saturated carbocycles. The Morgan fingerprint density at radius 3 is 2.22 bits per heavy atom. The van der Waals surface area contributed by atoms with Crippen molar-refractivity contribution in [2.45, 2.75) is 85.4 Å². The lowest BCUT2D eigenvalue weighted by Gasteiger charge is -2.38. The maximum Gasteiger partial charge on any atom is 0.243 e. The van der Waals surface area contributed by atoms with Gasteiger partial charge in [-0.2, -0.15) is 0 Å². The first-order valence-electron chi connectivity index (χ1n) is 12.0. The molecule has 1 heterocycles. The largest absolute Gasteiger partial charge is 0.394 e. The molecular formula is C25H43N3O4. The molecule has 6 atom stereocenters. The Morgan fingerprint density at radius 1 is 1.12 bits per heavy atom. The van der Waals surface area contributed by atoms with Gasteiger partial charge in [0.1, 0.15) is 6.04 Å². The summed E-state index contributed by atoms with van der Waals surface area (Å²) in [5.74, 6) is -2.19. The van der Waals surface area contributed by atoms with Gasteiger partial charge in [0.25, 0.3) is 0 Å². The molecule has 182 valence electrons. The number of carbonyl (C=O) groups is 3. The number of hydrogen-bond acceptors (Lipinski definition) is 4. The zero-order valence-corrected chi connectivity index (χ0v) is 21.1. The molecule has 0 unspecified atom stereocenters. The van der Waals surface area contributed by atoms with Crippen LogP contribution in [0.15, 0.2) is 12.2 Å². The first-order valence-corrected chi connectivity index (χ1v) is 12.0. The normalized spacial score (nSPS) is 29.0. The van der Waals surface area contributed by atoms with Gasteiger partial charge in [-0.25, -0.2) is 0 Å². The fourth-order valence-corrected chi connectivity index (χ4v) is 5.94. The Kier molecular flexibility index (Phi) is 8.19. The van der Waals surface area contributed by atoms with Gasteiger partial charge >= 0.3 is 0 Å². The van der Waals surface area contributed by atoms with Gasteiger partial charge in [-0.1, -0.05) is 46.8 Å². The predicted molar refractivity (Wildman–Crippen MR) is 126 cm³/mol. The van der Waals surface area contributed by atoms with Crippen LogP contribution in [-0.4, -0.2) is 59.0 Å². The van der Waals surface area contributed by atoms with E-state index in [2.05, 4.69) is 31.4 Å². The van der Waals surface area contributed by atoms with Crippen LogP contribution in [0.4, 0.5) is 0 Å². The van der Waals surface area contributed by atoms with Gasteiger partial charge in [-0.3, -0.25) is 14.4 Å². The van der Waals surface area contributed by atoms with E-state index in [4.69, 9.17) is 0 Å². The second-order valence-electron chi connectivity index (χ2n) is 11.2. The summed E-state index contributed by atoms with van der Waals surface area (Å²) in [6, 6.07) is -1.21. The molecule has 0 aromatic carbocycles. The van der Waals surface area contributed by atoms with Crippen LogP contribution in [0.3, 0.4) is 0 Å². The lowest BCUT2D eigenvalue weighted by molar-refractivity contribution is -0.143. The Balaban J connectivity index is 2.49. The van der Waals surface area contributed by atoms with E-state index in [1.165, 1.54) is 0 Å². The van der Waals surface area contributed by atoms with Gasteiger partial charge in [0.2, 0.25) is 17.7 Å². The summed E-state index contributed by atoms with van der Waals surface area (Å²) in [5, 5.41) is 15.9. The summed E-state index contributed by atoms with van der Waals surface area (Å²) in [6.45, 7) is 14.1. The van der Waals surface area contributed by atoms with Crippen LogP contribution in [0.25, 0.3) is 0 Å². The number of allylic oxidation sites excluding steroid dienone is 1. The lowest BCUT2D eigenvalue weighted by Crippen LogP contribution is -2.56. The van der Waals surface area contributed by atoms with Crippen LogP contribution in [0.2, 0.25) is 0 Å². The monoisotopic (exact) mass is 449 g/mol. The molecule has 1 fully saturated rings. The van der Waals surface area contributed by atoms with E-state index in [1.54, 1.807) is 11.9 Å². The van der Waals surface area contributed by atoms with E-state index in [0.29, 0.717) is 6.42 Å². The van der Waals surface area contributed by atoms with E-state index < -0.39 is 35.4 Å². The third-order valence-electron chi connectivity index (χ3n) is 6.85. The van der Waals surface area contributed by atoms with Crippen LogP contribution < -0.4 is 10.6 Å². The second kappa shape index (κ2) is 9.94. The standard InChI is InChI=1S/C25H43N3O4/c1-9-15-11-12-17-19(18(15)21(30)26-8)23(32)28(16(10-2)13-29)20(17)22(31)27-25(6,7)14-24(3,4)5/h11-12,15-20,29H,9-10,13-14H2,1-8H3,(H,26,30)(H,27,31)/t15-,16+,17+,18-,19+,20+/m1/s1. The zero-order chi connectivity index (χ0) is 24.4. The quantitative estimate of drug-likeness (QED) is 0.496. The number of aliphatic hydroxyl groups excluding tert-OH is 1. The third-order valence-corrected chi connectivity index (χ3v) is 6.85. The lowest BCUT2D eigenvalue weighted by atomic mass is 9.68. The fraction of sp³-hybridized carbons (Fsp3) is 0.800. The number of fused-ring (bicyclic) bond motifs is 1. The number of aliphatic hydroxyl groups is 1. The molecule has 3 N–H and O–H groups in total. The van der Waals surface area contributed by atoms with Crippen molar-refractivity contribution < 1.29 is 19.5 Å². The second-order valence-corrected chi connectivity index (χ2v) is 11.2. The number of amides is 3. The van der Waals surface area contributed by atoms with Gasteiger partial charge in [-0.05, 0) is 44.4 Å². The number of carbonyl (C=O) groups excluding carboxylic acids is 3. The number of rotatable bonds is 8. The number of nitrogens with zero attached hydrogens (tertiary/aromatic N) is 1. The minimum Gasteiger partial charge on any atom is -0.394 e. The van der Waals surface area contributed by atoms with E-state index >= 15 is 0 Å². The van der Waals surface area contributed by atoms with E-state index in [1.807, 2.05) is 39.8 Å². The highest BCUT2D eigenvalue weighted by Crippen LogP contribution is 2.46. The Morgan fingerprint density at radius 2 is 1.75 bits per heavy atom. The predicted octanol–water partition coefficient (Wildman–Crippen LogP) is 2.49. The van der Waals surface area contributed by atoms with Crippen molar-refractivity contribution in [2.24, 2.45) is 29.1 Å². The minimum atomic E-state index is -0.745. The van der Waals surface area contributed by atoms with Crippen LogP contribution >= 0.6 is 0 Å². The number of likely N-dealkylation sites (tertiary alicyclic amines) is 1. The minimum absolute atomic E-state index is 0.0188. The molecule has 1 saturated heterocycles. The summed E-state index contributed by atoms with van der Waals surface area (Å²) in [6.07, 6.45) is 5.99. The number of hydrogen-bond donors (Lipinski definition) is 3. The summed E-state index contributed by atoms with van der Waals surface area (Å²) in [5.41, 5.74) is -0.446. The van der Waals surface area contributed by atoms with Crippen LogP contribution in [0.5, 0.6) is 0 Å². The highest BCUT2D eigenvalue weighted by atomic mass is 16.3. The molecule has 2 rings (SSSR count). The van der Waals surface area contributed by atoms with Crippen molar-refractivity contribution in [2.75, 3.05) is 13.7 Å². The fourth-order valence-electron chi connectivity index (χ4n) is 5.94. The third kappa shape index (κ3) is 5.36. The average molecular weight is 450 g/mol. The average Bonchev–Trinajstić information content (AvgIpc) is 2.98. The van der Waals surface area contributed by atoms with Gasteiger partial charge in [0.05, 0.1) is 24.5 Å². The molecule has 1 aliphatic carbocycles. The molecule has 32 heavy (non-hydrogen) atoms. The molecule has 1 aliphatic heterocycles. The highest BCUT2D eigenvalue weighted by molar-refractivity contribution is 5.97. The summed E-state index contributed by atoms with van der Waals surface area (Å²) < 4.78 is 0. The Hall–Kier alpha value is -1.89. The molecular weight excluding hydrogens is 406 g/mol. The maximum atomic E-state index is 13.7. The van der Waals surface area contributed by atoms with E-state index in [9.17, 15) is 19.5 Å². The van der Waals surface area contributed by atoms with E-state index in [0.717, 1.165) is 12.8 Å². The van der Waals surface area contributed by atoms with Gasteiger partial charge in [0.15, 0.2) is 0 Å². The SMILES string of the molecule is CC[C@@H](CO)N1C(=O)[C@H]2[C@H](C=C[C@@H](CC)[C@H]2C(=O)NC)[C@H]1C(=O)NC(C)(C)CC(C)(C)C. The van der Waals surface area contributed by atoms with Crippen molar-refractivity contribution in [1.29, 1.82) is 0 Å². The molecule has 0 radical (unpaired) electrons. The van der Waals surface area contributed by atoms with Crippen molar-refractivity contribution >= 4 is 17.7 Å². The van der Waals surface area contributed by atoms with Crippen LogP contribution in [-0.2, 0) is 14.4 Å². The molecule has 0 aromatic rings. The molecule has 7 heteroatoms. The smallest absolute Gasteiger partial charge is 0.243 e. The zero-order valence-electron chi connectivity index (χ0n) is 21.1. The van der Waals surface area contributed by atoms with Crippen molar-refractivity contribution in [3.05, 3.63) is 12.2 Å². The number of nitrogens with one attached hydrogen (secondary N) is 2. The topological polar surface area (TPSA) is 98.7 Å². The summed E-state index contributed by atoms with van der Waals surface area (Å²) in [7, 11) is 1.58. The first-order chi connectivity index (χ1) is 14.8. The summed E-state index contributed by atoms with van der Waals surface area (Å²) >= 11 is 0. The van der Waals surface area contributed by atoms with Gasteiger partial charge < -0.3 is 20.6 Å². The molecule has 0 aromatic heterocycles. The van der Waals surface area contributed by atoms with Crippen molar-refractivity contribution in [3.8, 4) is 0 Å². The highest BCUT2D eigenvalue weighted by Gasteiger charge is 2.58.